The van der Waals surface area contributed by atoms with Crippen LogP contribution >= 0.6 is 0 Å². The second kappa shape index (κ2) is 6.66. The van der Waals surface area contributed by atoms with E-state index in [9.17, 15) is 14.4 Å². The maximum Gasteiger partial charge on any atom is 0.270 e. The Morgan fingerprint density at radius 2 is 2.00 bits per heavy atom. The molecule has 7 heteroatoms. The standard InChI is InChI=1S/C17H18N4O3/c18-16(23)14-6-3-9-21(14)15(22)10-19-17(24)13-8-7-11-4-1-2-5-12(11)20-13/h1-2,4-5,7-8,14H,3,6,9-10H2,(H2,18,23)(H,19,24)/t14-/m0/s1. The van der Waals surface area contributed by atoms with Crippen LogP contribution in [0.4, 0.5) is 0 Å². The normalized spacial score (nSPS) is 17.0. The van der Waals surface area contributed by atoms with Crippen molar-refractivity contribution in [1.29, 1.82) is 0 Å². The van der Waals surface area contributed by atoms with E-state index in [0.717, 1.165) is 11.8 Å². The number of rotatable bonds is 4. The molecule has 0 spiro atoms. The van der Waals surface area contributed by atoms with Crippen LogP contribution in [0.25, 0.3) is 10.9 Å². The van der Waals surface area contributed by atoms with Crippen molar-refractivity contribution in [2.45, 2.75) is 18.9 Å². The van der Waals surface area contributed by atoms with Crippen molar-refractivity contribution in [2.75, 3.05) is 13.1 Å². The third kappa shape index (κ3) is 3.19. The van der Waals surface area contributed by atoms with E-state index in [-0.39, 0.29) is 18.1 Å². The Bertz CT molecular complexity index is 805. The molecule has 0 aliphatic carbocycles. The molecule has 3 N–H and O–H groups in total. The summed E-state index contributed by atoms with van der Waals surface area (Å²) in [5.74, 6) is -1.25. The van der Waals surface area contributed by atoms with Crippen molar-refractivity contribution in [3.05, 3.63) is 42.1 Å². The maximum atomic E-state index is 12.2. The van der Waals surface area contributed by atoms with Crippen LogP contribution in [-0.4, -0.2) is 46.7 Å². The zero-order valence-electron chi connectivity index (χ0n) is 13.1. The molecule has 0 saturated carbocycles. The third-order valence-electron chi connectivity index (χ3n) is 4.13. The van der Waals surface area contributed by atoms with Crippen LogP contribution in [0, 0.1) is 0 Å². The average Bonchev–Trinajstić information content (AvgIpc) is 3.09. The quantitative estimate of drug-likeness (QED) is 0.850. The highest BCUT2D eigenvalue weighted by Gasteiger charge is 2.32. The number of hydrogen-bond acceptors (Lipinski definition) is 4. The van der Waals surface area contributed by atoms with E-state index in [1.807, 2.05) is 30.3 Å². The summed E-state index contributed by atoms with van der Waals surface area (Å²) >= 11 is 0. The number of amides is 3. The van der Waals surface area contributed by atoms with E-state index in [1.54, 1.807) is 6.07 Å². The van der Waals surface area contributed by atoms with Gasteiger partial charge < -0.3 is 16.0 Å². The molecule has 0 bridgehead atoms. The van der Waals surface area contributed by atoms with Crippen molar-refractivity contribution in [1.82, 2.24) is 15.2 Å². The van der Waals surface area contributed by atoms with E-state index in [0.29, 0.717) is 18.5 Å². The molecule has 1 aromatic heterocycles. The van der Waals surface area contributed by atoms with Gasteiger partial charge in [0.1, 0.15) is 11.7 Å². The average molecular weight is 326 g/mol. The molecule has 1 atom stereocenters. The van der Waals surface area contributed by atoms with Gasteiger partial charge in [0.2, 0.25) is 11.8 Å². The van der Waals surface area contributed by atoms with Crippen LogP contribution in [-0.2, 0) is 9.59 Å². The van der Waals surface area contributed by atoms with E-state index in [4.69, 9.17) is 5.73 Å². The van der Waals surface area contributed by atoms with Gasteiger partial charge in [-0.3, -0.25) is 14.4 Å². The zero-order valence-corrected chi connectivity index (χ0v) is 13.1. The lowest BCUT2D eigenvalue weighted by atomic mass is 10.2. The van der Waals surface area contributed by atoms with Gasteiger partial charge in [-0.15, -0.1) is 0 Å². The van der Waals surface area contributed by atoms with E-state index in [2.05, 4.69) is 10.3 Å². The molecular weight excluding hydrogens is 308 g/mol. The fourth-order valence-corrected chi connectivity index (χ4v) is 2.90. The number of likely N-dealkylation sites (tertiary alicyclic amines) is 1. The van der Waals surface area contributed by atoms with Gasteiger partial charge in [-0.2, -0.15) is 0 Å². The summed E-state index contributed by atoms with van der Waals surface area (Å²) in [6.07, 6.45) is 1.31. The number of carbonyl (C=O) groups excluding carboxylic acids is 3. The fourth-order valence-electron chi connectivity index (χ4n) is 2.90. The summed E-state index contributed by atoms with van der Waals surface area (Å²) in [6.45, 7) is 0.299. The largest absolute Gasteiger partial charge is 0.368 e. The molecule has 1 aliphatic rings. The number of carbonyl (C=O) groups is 3. The van der Waals surface area contributed by atoms with Gasteiger partial charge >= 0.3 is 0 Å². The smallest absolute Gasteiger partial charge is 0.270 e. The molecule has 7 nitrogen and oxygen atoms in total. The molecule has 3 rings (SSSR count). The van der Waals surface area contributed by atoms with Gasteiger partial charge in [0.15, 0.2) is 0 Å². The number of aromatic nitrogens is 1. The summed E-state index contributed by atoms with van der Waals surface area (Å²) < 4.78 is 0. The number of pyridine rings is 1. The van der Waals surface area contributed by atoms with Gasteiger partial charge in [-0.05, 0) is 25.0 Å². The Morgan fingerprint density at radius 1 is 1.21 bits per heavy atom. The molecule has 3 amide bonds. The number of hydrogen-bond donors (Lipinski definition) is 2. The lowest BCUT2D eigenvalue weighted by molar-refractivity contribution is -0.136. The number of primary amides is 1. The topological polar surface area (TPSA) is 105 Å². The minimum Gasteiger partial charge on any atom is -0.368 e. The molecular formula is C17H18N4O3. The Labute approximate surface area is 138 Å². The Balaban J connectivity index is 1.64. The van der Waals surface area contributed by atoms with Crippen molar-refractivity contribution < 1.29 is 14.4 Å². The van der Waals surface area contributed by atoms with Gasteiger partial charge in [0.05, 0.1) is 12.1 Å². The number of fused-ring (bicyclic) bond motifs is 1. The number of benzene rings is 1. The SMILES string of the molecule is NC(=O)[C@@H]1CCCN1C(=O)CNC(=O)c1ccc2ccccc2n1. The van der Waals surface area contributed by atoms with Crippen molar-refractivity contribution in [3.8, 4) is 0 Å². The van der Waals surface area contributed by atoms with Crippen molar-refractivity contribution >= 4 is 28.6 Å². The molecule has 1 fully saturated rings. The van der Waals surface area contributed by atoms with Crippen LogP contribution in [0.15, 0.2) is 36.4 Å². The molecule has 1 saturated heterocycles. The lowest BCUT2D eigenvalue weighted by Crippen LogP contribution is -2.47. The first-order valence-corrected chi connectivity index (χ1v) is 7.79. The fraction of sp³-hybridized carbons (Fsp3) is 0.294. The van der Waals surface area contributed by atoms with Gasteiger partial charge in [-0.1, -0.05) is 24.3 Å². The van der Waals surface area contributed by atoms with E-state index >= 15 is 0 Å². The van der Waals surface area contributed by atoms with E-state index < -0.39 is 17.9 Å². The number of para-hydroxylation sites is 1. The maximum absolute atomic E-state index is 12.2. The van der Waals surface area contributed by atoms with Gasteiger partial charge in [0, 0.05) is 11.9 Å². The predicted molar refractivity (Wildman–Crippen MR) is 88.0 cm³/mol. The first-order chi connectivity index (χ1) is 11.6. The highest BCUT2D eigenvalue weighted by Crippen LogP contribution is 2.16. The van der Waals surface area contributed by atoms with Crippen LogP contribution < -0.4 is 11.1 Å². The molecule has 2 aromatic rings. The zero-order chi connectivity index (χ0) is 17.1. The molecule has 2 heterocycles. The Hall–Kier alpha value is -2.96. The highest BCUT2D eigenvalue weighted by molar-refractivity contribution is 5.97. The summed E-state index contributed by atoms with van der Waals surface area (Å²) in [5.41, 5.74) is 6.25. The number of nitrogens with zero attached hydrogens (tertiary/aromatic N) is 2. The summed E-state index contributed by atoms with van der Waals surface area (Å²) in [5, 5.41) is 3.49. The summed E-state index contributed by atoms with van der Waals surface area (Å²) in [7, 11) is 0. The molecule has 124 valence electrons. The Morgan fingerprint density at radius 3 is 2.79 bits per heavy atom. The predicted octanol–water partition coefficient (Wildman–Crippen LogP) is 0.441. The van der Waals surface area contributed by atoms with Crippen LogP contribution in [0.2, 0.25) is 0 Å². The van der Waals surface area contributed by atoms with E-state index in [1.165, 1.54) is 4.90 Å². The second-order valence-electron chi connectivity index (χ2n) is 5.72. The molecule has 1 aromatic carbocycles. The third-order valence-corrected chi connectivity index (χ3v) is 4.13. The molecule has 0 radical (unpaired) electrons. The minimum absolute atomic E-state index is 0.183. The number of nitrogens with two attached hydrogens (primary N) is 1. The lowest BCUT2D eigenvalue weighted by Gasteiger charge is -2.22. The first kappa shape index (κ1) is 15.9. The molecule has 0 unspecified atom stereocenters. The summed E-state index contributed by atoms with van der Waals surface area (Å²) in [4.78, 5) is 41.4. The Kier molecular flexibility index (Phi) is 4.41. The number of nitrogens with one attached hydrogen (secondary N) is 1. The minimum atomic E-state index is -0.576. The van der Waals surface area contributed by atoms with Crippen LogP contribution in [0.5, 0.6) is 0 Å². The molecule has 24 heavy (non-hydrogen) atoms. The van der Waals surface area contributed by atoms with Gasteiger partial charge in [-0.25, -0.2) is 4.98 Å². The second-order valence-corrected chi connectivity index (χ2v) is 5.72. The van der Waals surface area contributed by atoms with Crippen LogP contribution in [0.3, 0.4) is 0 Å². The monoisotopic (exact) mass is 326 g/mol. The van der Waals surface area contributed by atoms with Gasteiger partial charge in [0.25, 0.3) is 5.91 Å². The van der Waals surface area contributed by atoms with Crippen molar-refractivity contribution in [2.24, 2.45) is 5.73 Å². The highest BCUT2D eigenvalue weighted by atomic mass is 16.2. The first-order valence-electron chi connectivity index (χ1n) is 7.79. The molecule has 1 aliphatic heterocycles. The van der Waals surface area contributed by atoms with Crippen LogP contribution in [0.1, 0.15) is 23.3 Å². The summed E-state index contributed by atoms with van der Waals surface area (Å²) in [6, 6.07) is 10.3. The van der Waals surface area contributed by atoms with Crippen molar-refractivity contribution in [3.63, 3.8) is 0 Å².